The molecule has 1 amide bonds. The fraction of sp³-hybridized carbons (Fsp3) is 0.467. The number of aryl methyl sites for hydroxylation is 1. The van der Waals surface area contributed by atoms with Crippen LogP contribution in [0.5, 0.6) is 0 Å². The maximum absolute atomic E-state index is 12.3. The average Bonchev–Trinajstić information content (AvgIpc) is 3.03. The number of nitrogens with one attached hydrogen (secondary N) is 1. The lowest BCUT2D eigenvalue weighted by Gasteiger charge is -2.34. The van der Waals surface area contributed by atoms with E-state index in [0.717, 1.165) is 30.3 Å². The van der Waals surface area contributed by atoms with Crippen molar-refractivity contribution in [1.29, 1.82) is 0 Å². The zero-order valence-corrected chi connectivity index (χ0v) is 13.8. The summed E-state index contributed by atoms with van der Waals surface area (Å²) in [5.74, 6) is -0.133. The van der Waals surface area contributed by atoms with Crippen molar-refractivity contribution in [2.75, 3.05) is 32.8 Å². The number of hydrogen-bond acceptors (Lipinski definition) is 7. The lowest BCUT2D eigenvalue weighted by atomic mass is 10.1. The summed E-state index contributed by atoms with van der Waals surface area (Å²) < 4.78 is 9.23. The molecule has 1 aliphatic rings. The topological polar surface area (TPSA) is 80.2 Å². The largest absolute Gasteiger partial charge is 0.379 e. The number of carbonyl (C=O) groups is 1. The molecule has 0 aromatic carbocycles. The Morgan fingerprint density at radius 1 is 1.43 bits per heavy atom. The van der Waals surface area contributed by atoms with E-state index in [-0.39, 0.29) is 11.9 Å². The van der Waals surface area contributed by atoms with Crippen LogP contribution in [0.4, 0.5) is 0 Å². The van der Waals surface area contributed by atoms with Crippen molar-refractivity contribution in [3.63, 3.8) is 0 Å². The van der Waals surface area contributed by atoms with Gasteiger partial charge in [-0.2, -0.15) is 0 Å². The van der Waals surface area contributed by atoms with E-state index in [4.69, 9.17) is 4.74 Å². The average molecular weight is 333 g/mol. The van der Waals surface area contributed by atoms with E-state index in [2.05, 4.69) is 24.8 Å². The van der Waals surface area contributed by atoms with Crippen LogP contribution in [-0.4, -0.2) is 58.2 Å². The lowest BCUT2D eigenvalue weighted by Crippen LogP contribution is -2.44. The summed E-state index contributed by atoms with van der Waals surface area (Å²) in [5.41, 5.74) is 1.61. The first-order valence-corrected chi connectivity index (χ1v) is 8.33. The van der Waals surface area contributed by atoms with Gasteiger partial charge in [0.15, 0.2) is 0 Å². The van der Waals surface area contributed by atoms with Crippen LogP contribution < -0.4 is 5.32 Å². The molecule has 1 atom stereocenters. The third-order valence-corrected chi connectivity index (χ3v) is 4.66. The summed E-state index contributed by atoms with van der Waals surface area (Å²) in [6, 6.07) is 5.89. The van der Waals surface area contributed by atoms with Crippen LogP contribution in [0.2, 0.25) is 0 Å². The van der Waals surface area contributed by atoms with E-state index in [1.807, 2.05) is 18.2 Å². The van der Waals surface area contributed by atoms with E-state index in [1.54, 1.807) is 13.1 Å². The molecule has 0 spiro atoms. The third-order valence-electron chi connectivity index (χ3n) is 3.83. The fourth-order valence-electron chi connectivity index (χ4n) is 2.59. The van der Waals surface area contributed by atoms with Crippen molar-refractivity contribution < 1.29 is 9.53 Å². The summed E-state index contributed by atoms with van der Waals surface area (Å²) in [5, 5.41) is 6.87. The molecule has 1 aliphatic heterocycles. The Morgan fingerprint density at radius 3 is 2.91 bits per heavy atom. The van der Waals surface area contributed by atoms with E-state index in [0.29, 0.717) is 30.3 Å². The normalized spacial score (nSPS) is 16.9. The summed E-state index contributed by atoms with van der Waals surface area (Å²) in [7, 11) is 0. The van der Waals surface area contributed by atoms with Gasteiger partial charge in [0.05, 0.1) is 30.6 Å². The van der Waals surface area contributed by atoms with Crippen LogP contribution in [0.15, 0.2) is 24.4 Å². The first kappa shape index (κ1) is 16.0. The summed E-state index contributed by atoms with van der Waals surface area (Å²) in [6.45, 7) is 5.35. The number of carbonyl (C=O) groups excluding carboxylic acids is 1. The monoisotopic (exact) mass is 333 g/mol. The molecular weight excluding hydrogens is 314 g/mol. The molecule has 2 aromatic rings. The van der Waals surface area contributed by atoms with Gasteiger partial charge in [-0.3, -0.25) is 14.7 Å². The van der Waals surface area contributed by atoms with Gasteiger partial charge in [-0.05, 0) is 30.6 Å². The SMILES string of the molecule is Cc1nnsc1C(=O)NC[C@H](c1ccccn1)N1CCOCC1. The van der Waals surface area contributed by atoms with Gasteiger partial charge in [0.2, 0.25) is 0 Å². The highest BCUT2D eigenvalue weighted by Crippen LogP contribution is 2.19. The van der Waals surface area contributed by atoms with Crippen molar-refractivity contribution in [1.82, 2.24) is 24.8 Å². The van der Waals surface area contributed by atoms with Crippen molar-refractivity contribution in [2.45, 2.75) is 13.0 Å². The molecule has 1 fully saturated rings. The molecule has 3 heterocycles. The van der Waals surface area contributed by atoms with Crippen molar-refractivity contribution >= 4 is 17.4 Å². The Kier molecular flexibility index (Phi) is 5.27. The Hall–Kier alpha value is -1.90. The molecule has 2 aromatic heterocycles. The number of aromatic nitrogens is 3. The minimum Gasteiger partial charge on any atom is -0.379 e. The van der Waals surface area contributed by atoms with Gasteiger partial charge in [-0.25, -0.2) is 0 Å². The third kappa shape index (κ3) is 3.90. The van der Waals surface area contributed by atoms with Gasteiger partial charge in [-0.15, -0.1) is 5.10 Å². The van der Waals surface area contributed by atoms with Crippen molar-refractivity contribution in [3.8, 4) is 0 Å². The standard InChI is InChI=1S/C15H19N5O2S/c1-11-14(23-19-18-11)15(21)17-10-13(12-4-2-3-5-16-12)20-6-8-22-9-7-20/h2-5,13H,6-10H2,1H3,(H,17,21)/t13-/m1/s1. The first-order valence-electron chi connectivity index (χ1n) is 7.55. The van der Waals surface area contributed by atoms with Crippen molar-refractivity contribution in [2.24, 2.45) is 0 Å². The van der Waals surface area contributed by atoms with Gasteiger partial charge < -0.3 is 10.1 Å². The van der Waals surface area contributed by atoms with E-state index in [9.17, 15) is 4.79 Å². The predicted molar refractivity (Wildman–Crippen MR) is 86.3 cm³/mol. The molecular formula is C15H19N5O2S. The van der Waals surface area contributed by atoms with Crippen LogP contribution in [0.1, 0.15) is 27.1 Å². The number of nitrogens with zero attached hydrogens (tertiary/aromatic N) is 4. The Balaban J connectivity index is 1.71. The number of rotatable bonds is 5. The highest BCUT2D eigenvalue weighted by atomic mass is 32.1. The van der Waals surface area contributed by atoms with Crippen LogP contribution in [-0.2, 0) is 4.74 Å². The molecule has 0 saturated carbocycles. The number of amides is 1. The fourth-order valence-corrected chi connectivity index (χ4v) is 3.17. The van der Waals surface area contributed by atoms with Crippen LogP contribution in [0.3, 0.4) is 0 Å². The molecule has 0 radical (unpaired) electrons. The second-order valence-corrected chi connectivity index (χ2v) is 6.07. The van der Waals surface area contributed by atoms with Crippen LogP contribution >= 0.6 is 11.5 Å². The number of morpholine rings is 1. The zero-order chi connectivity index (χ0) is 16.1. The van der Waals surface area contributed by atoms with Gasteiger partial charge in [-0.1, -0.05) is 10.6 Å². The minimum absolute atomic E-state index is 0.0326. The Bertz CT molecular complexity index is 642. The first-order chi connectivity index (χ1) is 11.3. The van der Waals surface area contributed by atoms with Gasteiger partial charge in [0.1, 0.15) is 4.88 Å². The molecule has 0 aliphatic carbocycles. The number of ether oxygens (including phenoxy) is 1. The molecule has 3 rings (SSSR count). The molecule has 7 nitrogen and oxygen atoms in total. The van der Waals surface area contributed by atoms with E-state index < -0.39 is 0 Å². The molecule has 8 heteroatoms. The van der Waals surface area contributed by atoms with Crippen molar-refractivity contribution in [3.05, 3.63) is 40.7 Å². The van der Waals surface area contributed by atoms with Crippen LogP contribution in [0, 0.1) is 6.92 Å². The Morgan fingerprint density at radius 2 is 2.26 bits per heavy atom. The van der Waals surface area contributed by atoms with Crippen LogP contribution in [0.25, 0.3) is 0 Å². The number of hydrogen-bond donors (Lipinski definition) is 1. The summed E-state index contributed by atoms with van der Waals surface area (Å²) in [6.07, 6.45) is 1.78. The molecule has 122 valence electrons. The maximum atomic E-state index is 12.3. The lowest BCUT2D eigenvalue weighted by molar-refractivity contribution is 0.0154. The maximum Gasteiger partial charge on any atom is 0.265 e. The second-order valence-electron chi connectivity index (χ2n) is 5.32. The van der Waals surface area contributed by atoms with E-state index in [1.165, 1.54) is 0 Å². The van der Waals surface area contributed by atoms with Gasteiger partial charge in [0, 0.05) is 25.8 Å². The summed E-state index contributed by atoms with van der Waals surface area (Å²) in [4.78, 5) is 19.6. The van der Waals surface area contributed by atoms with Gasteiger partial charge in [0.25, 0.3) is 5.91 Å². The predicted octanol–water partition coefficient (Wildman–Crippen LogP) is 1.04. The molecule has 23 heavy (non-hydrogen) atoms. The van der Waals surface area contributed by atoms with Gasteiger partial charge >= 0.3 is 0 Å². The highest BCUT2D eigenvalue weighted by Gasteiger charge is 2.25. The second kappa shape index (κ2) is 7.58. The Labute approximate surface area is 138 Å². The molecule has 1 N–H and O–H groups in total. The minimum atomic E-state index is -0.133. The molecule has 1 saturated heterocycles. The molecule has 0 unspecified atom stereocenters. The number of pyridine rings is 1. The van der Waals surface area contributed by atoms with E-state index >= 15 is 0 Å². The molecule has 0 bridgehead atoms. The summed E-state index contributed by atoms with van der Waals surface area (Å²) >= 11 is 1.12. The smallest absolute Gasteiger partial charge is 0.265 e. The highest BCUT2D eigenvalue weighted by molar-refractivity contribution is 7.07. The zero-order valence-electron chi connectivity index (χ0n) is 12.9. The quantitative estimate of drug-likeness (QED) is 0.881.